The number of imidazole rings is 1. The molecule has 3 heterocycles. The Morgan fingerprint density at radius 2 is 1.80 bits per heavy atom. The Morgan fingerprint density at radius 3 is 2.50 bits per heavy atom. The summed E-state index contributed by atoms with van der Waals surface area (Å²) in [5.74, 6) is 0. The van der Waals surface area contributed by atoms with E-state index in [1.54, 1.807) is 6.20 Å². The average Bonchev–Trinajstić information content (AvgIpc) is 2.84. The second-order valence-electron chi connectivity index (χ2n) is 4.43. The summed E-state index contributed by atoms with van der Waals surface area (Å²) in [5, 5.41) is 1.48. The fraction of sp³-hybridized carbons (Fsp3) is 0.231. The topological polar surface area (TPSA) is 56.0 Å². The second-order valence-corrected chi connectivity index (χ2v) is 6.20. The Morgan fingerprint density at radius 1 is 1.10 bits per heavy atom. The van der Waals surface area contributed by atoms with E-state index in [2.05, 4.69) is 35.9 Å². The van der Waals surface area contributed by atoms with Crippen LogP contribution >= 0.6 is 27.7 Å². The highest BCUT2D eigenvalue weighted by Crippen LogP contribution is 2.28. The summed E-state index contributed by atoms with van der Waals surface area (Å²) in [5.41, 5.74) is 3.92. The molecule has 20 heavy (non-hydrogen) atoms. The van der Waals surface area contributed by atoms with Crippen molar-refractivity contribution in [2.75, 3.05) is 0 Å². The summed E-state index contributed by atoms with van der Waals surface area (Å²) >= 11 is 4.83. The standard InChI is InChI=1S/C13H12BrN5S/c1-7-8(2)16-13(17-9(7)3)20-12-11-15-4-5-19(11)6-10(14)18-12/h4-6H,1-3H3. The van der Waals surface area contributed by atoms with Crippen molar-refractivity contribution < 1.29 is 0 Å². The van der Waals surface area contributed by atoms with Crippen molar-refractivity contribution in [1.29, 1.82) is 0 Å². The van der Waals surface area contributed by atoms with Crippen LogP contribution in [-0.4, -0.2) is 24.3 Å². The minimum absolute atomic E-state index is 0.695. The molecule has 0 saturated heterocycles. The van der Waals surface area contributed by atoms with Gasteiger partial charge in [-0.1, -0.05) is 0 Å². The second kappa shape index (κ2) is 5.14. The number of aryl methyl sites for hydroxylation is 2. The summed E-state index contributed by atoms with van der Waals surface area (Å²) in [7, 11) is 0. The van der Waals surface area contributed by atoms with Crippen LogP contribution in [0.1, 0.15) is 17.0 Å². The highest BCUT2D eigenvalue weighted by atomic mass is 79.9. The van der Waals surface area contributed by atoms with Gasteiger partial charge in [0.05, 0.1) is 0 Å². The Hall–Kier alpha value is -1.47. The molecular formula is C13H12BrN5S. The molecule has 3 aromatic rings. The molecule has 0 saturated carbocycles. The van der Waals surface area contributed by atoms with Crippen molar-refractivity contribution in [2.24, 2.45) is 0 Å². The van der Waals surface area contributed by atoms with Crippen molar-refractivity contribution in [3.8, 4) is 0 Å². The van der Waals surface area contributed by atoms with Gasteiger partial charge in [0.15, 0.2) is 10.8 Å². The molecule has 0 aromatic carbocycles. The largest absolute Gasteiger partial charge is 0.302 e. The van der Waals surface area contributed by atoms with Crippen LogP contribution in [-0.2, 0) is 0 Å². The Balaban J connectivity index is 2.07. The van der Waals surface area contributed by atoms with Gasteiger partial charge >= 0.3 is 0 Å². The monoisotopic (exact) mass is 349 g/mol. The lowest BCUT2D eigenvalue weighted by Gasteiger charge is -2.07. The van der Waals surface area contributed by atoms with E-state index in [9.17, 15) is 0 Å². The molecule has 5 nitrogen and oxygen atoms in total. The first kappa shape index (κ1) is 13.5. The minimum atomic E-state index is 0.695. The first-order chi connectivity index (χ1) is 9.54. The van der Waals surface area contributed by atoms with Gasteiger partial charge in [-0.15, -0.1) is 0 Å². The van der Waals surface area contributed by atoms with Gasteiger partial charge < -0.3 is 4.40 Å². The molecule has 0 aliphatic rings. The average molecular weight is 350 g/mol. The zero-order valence-electron chi connectivity index (χ0n) is 11.3. The first-order valence-corrected chi connectivity index (χ1v) is 7.64. The number of nitrogens with zero attached hydrogens (tertiary/aromatic N) is 5. The molecule has 0 spiro atoms. The SMILES string of the molecule is Cc1nc(Sc2nc(Br)cn3ccnc23)nc(C)c1C. The van der Waals surface area contributed by atoms with Gasteiger partial charge in [0.2, 0.25) is 0 Å². The van der Waals surface area contributed by atoms with Crippen LogP contribution < -0.4 is 0 Å². The van der Waals surface area contributed by atoms with Crippen LogP contribution in [0.3, 0.4) is 0 Å². The number of hydrogen-bond donors (Lipinski definition) is 0. The summed E-state index contributed by atoms with van der Waals surface area (Å²) < 4.78 is 2.68. The molecule has 3 rings (SSSR count). The smallest absolute Gasteiger partial charge is 0.194 e. The Labute approximate surface area is 129 Å². The third kappa shape index (κ3) is 2.43. The Bertz CT molecular complexity index is 776. The van der Waals surface area contributed by atoms with Gasteiger partial charge in [0.1, 0.15) is 9.63 Å². The molecule has 0 atom stereocenters. The lowest BCUT2D eigenvalue weighted by atomic mass is 10.2. The number of fused-ring (bicyclic) bond motifs is 1. The molecule has 0 radical (unpaired) electrons. The zero-order valence-corrected chi connectivity index (χ0v) is 13.7. The molecule has 0 amide bonds. The number of aromatic nitrogens is 5. The number of rotatable bonds is 2. The third-order valence-corrected chi connectivity index (χ3v) is 4.33. The quantitative estimate of drug-likeness (QED) is 0.664. The maximum atomic E-state index is 4.51. The predicted molar refractivity (Wildman–Crippen MR) is 81.1 cm³/mol. The highest BCUT2D eigenvalue weighted by molar-refractivity contribution is 9.10. The zero-order chi connectivity index (χ0) is 14.3. The fourth-order valence-electron chi connectivity index (χ4n) is 1.82. The van der Waals surface area contributed by atoms with Crippen LogP contribution in [0.2, 0.25) is 0 Å². The molecule has 7 heteroatoms. The van der Waals surface area contributed by atoms with E-state index >= 15 is 0 Å². The summed E-state index contributed by atoms with van der Waals surface area (Å²) in [6, 6.07) is 0. The van der Waals surface area contributed by atoms with Crippen LogP contribution in [0.5, 0.6) is 0 Å². The van der Waals surface area contributed by atoms with Crippen molar-refractivity contribution in [2.45, 2.75) is 31.0 Å². The van der Waals surface area contributed by atoms with Gasteiger partial charge in [-0.3, -0.25) is 0 Å². The lowest BCUT2D eigenvalue weighted by Crippen LogP contribution is -1.99. The maximum Gasteiger partial charge on any atom is 0.194 e. The Kier molecular flexibility index (Phi) is 3.47. The molecule has 3 aromatic heterocycles. The summed E-state index contributed by atoms with van der Waals surface area (Å²) in [6.07, 6.45) is 5.51. The normalized spacial score (nSPS) is 11.2. The van der Waals surface area contributed by atoms with Crippen molar-refractivity contribution >= 4 is 33.3 Å². The molecular weight excluding hydrogens is 338 g/mol. The molecule has 0 N–H and O–H groups in total. The van der Waals surface area contributed by atoms with Gasteiger partial charge in [0.25, 0.3) is 0 Å². The van der Waals surface area contributed by atoms with E-state index in [4.69, 9.17) is 0 Å². The number of hydrogen-bond acceptors (Lipinski definition) is 5. The van der Waals surface area contributed by atoms with Crippen LogP contribution in [0.4, 0.5) is 0 Å². The van der Waals surface area contributed by atoms with E-state index in [0.29, 0.717) is 5.16 Å². The van der Waals surface area contributed by atoms with Crippen LogP contribution in [0, 0.1) is 20.8 Å². The van der Waals surface area contributed by atoms with Gasteiger partial charge in [-0.2, -0.15) is 0 Å². The molecule has 102 valence electrons. The van der Waals surface area contributed by atoms with E-state index in [-0.39, 0.29) is 0 Å². The van der Waals surface area contributed by atoms with Gasteiger partial charge in [-0.25, -0.2) is 19.9 Å². The molecule has 0 aliphatic carbocycles. The molecule has 0 fully saturated rings. The number of halogens is 1. The van der Waals surface area contributed by atoms with Crippen molar-refractivity contribution in [3.05, 3.63) is 40.1 Å². The van der Waals surface area contributed by atoms with E-state index in [0.717, 1.165) is 32.2 Å². The highest BCUT2D eigenvalue weighted by Gasteiger charge is 2.12. The minimum Gasteiger partial charge on any atom is -0.302 e. The molecule has 0 bridgehead atoms. The maximum absolute atomic E-state index is 4.51. The summed E-state index contributed by atoms with van der Waals surface area (Å²) in [6.45, 7) is 6.02. The third-order valence-electron chi connectivity index (χ3n) is 3.11. The van der Waals surface area contributed by atoms with E-state index < -0.39 is 0 Å². The van der Waals surface area contributed by atoms with E-state index in [1.807, 2.05) is 37.6 Å². The molecule has 0 aliphatic heterocycles. The first-order valence-electron chi connectivity index (χ1n) is 6.03. The van der Waals surface area contributed by atoms with Gasteiger partial charge in [0, 0.05) is 30.0 Å². The summed E-state index contributed by atoms with van der Waals surface area (Å²) in [4.78, 5) is 17.8. The lowest BCUT2D eigenvalue weighted by molar-refractivity contribution is 0.876. The van der Waals surface area contributed by atoms with Crippen LogP contribution in [0.25, 0.3) is 5.65 Å². The molecule has 0 unspecified atom stereocenters. The van der Waals surface area contributed by atoms with Crippen LogP contribution in [0.15, 0.2) is 33.4 Å². The van der Waals surface area contributed by atoms with Crippen molar-refractivity contribution in [1.82, 2.24) is 24.3 Å². The van der Waals surface area contributed by atoms with Crippen molar-refractivity contribution in [3.63, 3.8) is 0 Å². The fourth-order valence-corrected chi connectivity index (χ4v) is 3.26. The van der Waals surface area contributed by atoms with E-state index in [1.165, 1.54) is 11.8 Å². The predicted octanol–water partition coefficient (Wildman–Crippen LogP) is 3.36. The van der Waals surface area contributed by atoms with Gasteiger partial charge in [-0.05, 0) is 54.0 Å².